The van der Waals surface area contributed by atoms with Crippen molar-refractivity contribution in [2.75, 3.05) is 10.2 Å². The summed E-state index contributed by atoms with van der Waals surface area (Å²) in [5, 5.41) is 3.47. The molecule has 1 heterocycles. The van der Waals surface area contributed by atoms with E-state index in [-0.39, 0.29) is 11.7 Å². The van der Waals surface area contributed by atoms with Crippen molar-refractivity contribution >= 4 is 23.1 Å². The second-order valence-corrected chi connectivity index (χ2v) is 7.17. The molecule has 0 bridgehead atoms. The van der Waals surface area contributed by atoms with Crippen LogP contribution in [0.3, 0.4) is 0 Å². The van der Waals surface area contributed by atoms with Crippen LogP contribution in [0.5, 0.6) is 0 Å². The zero-order valence-corrected chi connectivity index (χ0v) is 15.0. The monoisotopic (exact) mass is 346 g/mol. The maximum Gasteiger partial charge on any atom is 0.224 e. The largest absolute Gasteiger partial charge is 0.357 e. The first kappa shape index (κ1) is 16.6. The first-order valence-corrected chi connectivity index (χ1v) is 9.03. The molecule has 4 heteroatoms. The number of nitrogens with one attached hydrogen (secondary N) is 1. The molecule has 0 spiro atoms. The van der Waals surface area contributed by atoms with E-state index in [1.807, 2.05) is 54.6 Å². The van der Waals surface area contributed by atoms with Gasteiger partial charge in [-0.15, -0.1) is 0 Å². The number of benzene rings is 2. The Balaban J connectivity index is 2.00. The van der Waals surface area contributed by atoms with Crippen LogP contribution in [-0.2, 0) is 9.59 Å². The summed E-state index contributed by atoms with van der Waals surface area (Å²) in [5.74, 6) is 0.341. The SMILES string of the molecule is CC(=O)N1c2ccccc2NC2=C(C(=O)C[C@@H](C)C2)[C@H]1c1ccccc1. The molecule has 0 fully saturated rings. The highest BCUT2D eigenvalue weighted by molar-refractivity contribution is 6.05. The molecule has 4 rings (SSSR count). The molecule has 1 N–H and O–H groups in total. The molecule has 26 heavy (non-hydrogen) atoms. The lowest BCUT2D eigenvalue weighted by molar-refractivity contribution is -0.117. The molecule has 4 nitrogen and oxygen atoms in total. The second-order valence-electron chi connectivity index (χ2n) is 7.17. The first-order valence-electron chi connectivity index (χ1n) is 9.03. The quantitative estimate of drug-likeness (QED) is 0.829. The van der Waals surface area contributed by atoms with E-state index in [2.05, 4.69) is 12.2 Å². The van der Waals surface area contributed by atoms with Gasteiger partial charge in [-0.2, -0.15) is 0 Å². The lowest BCUT2D eigenvalue weighted by Gasteiger charge is -2.34. The summed E-state index contributed by atoms with van der Waals surface area (Å²) < 4.78 is 0. The molecule has 2 aromatic rings. The van der Waals surface area contributed by atoms with Gasteiger partial charge in [0.2, 0.25) is 5.91 Å². The van der Waals surface area contributed by atoms with E-state index in [1.54, 1.807) is 11.8 Å². The summed E-state index contributed by atoms with van der Waals surface area (Å²) in [6, 6.07) is 17.2. The van der Waals surface area contributed by atoms with Crippen molar-refractivity contribution in [2.45, 2.75) is 32.7 Å². The van der Waals surface area contributed by atoms with Gasteiger partial charge in [-0.1, -0.05) is 49.4 Å². The number of fused-ring (bicyclic) bond motifs is 1. The highest BCUT2D eigenvalue weighted by atomic mass is 16.2. The number of hydrogen-bond donors (Lipinski definition) is 1. The van der Waals surface area contributed by atoms with Gasteiger partial charge < -0.3 is 5.32 Å². The van der Waals surface area contributed by atoms with Crippen molar-refractivity contribution in [2.24, 2.45) is 5.92 Å². The first-order chi connectivity index (χ1) is 12.6. The van der Waals surface area contributed by atoms with Gasteiger partial charge in [0.15, 0.2) is 5.78 Å². The molecular weight excluding hydrogens is 324 g/mol. The number of anilines is 2. The van der Waals surface area contributed by atoms with E-state index in [0.717, 1.165) is 34.6 Å². The molecule has 0 radical (unpaired) electrons. The molecule has 1 amide bonds. The number of rotatable bonds is 1. The van der Waals surface area contributed by atoms with Crippen LogP contribution in [0, 0.1) is 5.92 Å². The molecule has 0 unspecified atom stereocenters. The summed E-state index contributed by atoms with van der Waals surface area (Å²) in [4.78, 5) is 27.5. The van der Waals surface area contributed by atoms with Gasteiger partial charge in [-0.05, 0) is 30.0 Å². The normalized spacial score (nSPS) is 22.2. The average molecular weight is 346 g/mol. The van der Waals surface area contributed by atoms with E-state index in [9.17, 15) is 9.59 Å². The third-order valence-corrected chi connectivity index (χ3v) is 5.15. The van der Waals surface area contributed by atoms with E-state index >= 15 is 0 Å². The number of para-hydroxylation sites is 2. The summed E-state index contributed by atoms with van der Waals surface area (Å²) in [6.07, 6.45) is 1.33. The fourth-order valence-electron chi connectivity index (χ4n) is 4.08. The highest BCUT2D eigenvalue weighted by Crippen LogP contribution is 2.45. The Labute approximate surface area is 153 Å². The number of allylic oxidation sites excluding steroid dienone is 1. The summed E-state index contributed by atoms with van der Waals surface area (Å²) in [7, 11) is 0. The Kier molecular flexibility index (Phi) is 4.11. The third kappa shape index (κ3) is 2.71. The molecule has 1 aliphatic heterocycles. The van der Waals surface area contributed by atoms with Gasteiger partial charge in [0.05, 0.1) is 17.4 Å². The van der Waals surface area contributed by atoms with Gasteiger partial charge in [-0.25, -0.2) is 0 Å². The number of nitrogens with zero attached hydrogens (tertiary/aromatic N) is 1. The molecule has 0 saturated heterocycles. The standard InChI is InChI=1S/C22H22N2O2/c1-14-12-18-21(20(26)13-14)22(16-8-4-3-5-9-16)24(15(2)25)19-11-7-6-10-17(19)23-18/h3-11,14,22-23H,12-13H2,1-2H3/t14-,22+/m0/s1. The summed E-state index contributed by atoms with van der Waals surface area (Å²) in [6.45, 7) is 3.66. The summed E-state index contributed by atoms with van der Waals surface area (Å²) >= 11 is 0. The lowest BCUT2D eigenvalue weighted by Crippen LogP contribution is -2.37. The highest BCUT2D eigenvalue weighted by Gasteiger charge is 2.39. The Morgan fingerprint density at radius 3 is 2.46 bits per heavy atom. The zero-order chi connectivity index (χ0) is 18.3. The van der Waals surface area contributed by atoms with E-state index in [0.29, 0.717) is 12.3 Å². The third-order valence-electron chi connectivity index (χ3n) is 5.15. The number of carbonyl (C=O) groups excluding carboxylic acids is 2. The van der Waals surface area contributed by atoms with Gasteiger partial charge in [0.1, 0.15) is 0 Å². The number of carbonyl (C=O) groups is 2. The maximum absolute atomic E-state index is 13.1. The van der Waals surface area contributed by atoms with Gasteiger partial charge in [0.25, 0.3) is 0 Å². The number of ketones is 1. The molecule has 2 aliphatic rings. The van der Waals surface area contributed by atoms with Crippen LogP contribution in [0.2, 0.25) is 0 Å². The minimum absolute atomic E-state index is 0.0757. The summed E-state index contributed by atoms with van der Waals surface area (Å²) in [5.41, 5.74) is 4.30. The molecule has 1 aliphatic carbocycles. The van der Waals surface area contributed by atoms with E-state index in [1.165, 1.54) is 0 Å². The van der Waals surface area contributed by atoms with Crippen LogP contribution in [0.1, 0.15) is 38.3 Å². The van der Waals surface area contributed by atoms with Crippen LogP contribution in [-0.4, -0.2) is 11.7 Å². The van der Waals surface area contributed by atoms with Crippen LogP contribution in [0.15, 0.2) is 65.9 Å². The molecule has 0 aromatic heterocycles. The molecule has 132 valence electrons. The Morgan fingerprint density at radius 2 is 1.73 bits per heavy atom. The average Bonchev–Trinajstić information content (AvgIpc) is 2.76. The maximum atomic E-state index is 13.1. The topological polar surface area (TPSA) is 49.4 Å². The lowest BCUT2D eigenvalue weighted by atomic mass is 9.81. The van der Waals surface area contributed by atoms with Crippen molar-refractivity contribution in [1.82, 2.24) is 0 Å². The number of amides is 1. The molecule has 0 saturated carbocycles. The zero-order valence-electron chi connectivity index (χ0n) is 15.0. The van der Waals surface area contributed by atoms with E-state index in [4.69, 9.17) is 0 Å². The smallest absolute Gasteiger partial charge is 0.224 e. The van der Waals surface area contributed by atoms with Crippen molar-refractivity contribution in [3.8, 4) is 0 Å². The predicted molar refractivity (Wildman–Crippen MR) is 103 cm³/mol. The van der Waals surface area contributed by atoms with Gasteiger partial charge in [-0.3, -0.25) is 14.5 Å². The molecular formula is C22H22N2O2. The number of Topliss-reactive ketones (excluding diaryl/α,β-unsaturated/α-hetero) is 1. The minimum Gasteiger partial charge on any atom is -0.357 e. The van der Waals surface area contributed by atoms with Crippen LogP contribution < -0.4 is 10.2 Å². The predicted octanol–water partition coefficient (Wildman–Crippen LogP) is 4.46. The minimum atomic E-state index is -0.403. The van der Waals surface area contributed by atoms with Crippen LogP contribution >= 0.6 is 0 Å². The fourth-order valence-corrected chi connectivity index (χ4v) is 4.08. The van der Waals surface area contributed by atoms with Crippen molar-refractivity contribution in [1.29, 1.82) is 0 Å². The fraction of sp³-hybridized carbons (Fsp3) is 0.273. The number of hydrogen-bond acceptors (Lipinski definition) is 3. The van der Waals surface area contributed by atoms with Crippen molar-refractivity contribution in [3.63, 3.8) is 0 Å². The Hall–Kier alpha value is -2.88. The van der Waals surface area contributed by atoms with E-state index < -0.39 is 6.04 Å². The molecule has 2 atom stereocenters. The Bertz CT molecular complexity index is 901. The van der Waals surface area contributed by atoms with Gasteiger partial charge >= 0.3 is 0 Å². The van der Waals surface area contributed by atoms with Crippen molar-refractivity contribution in [3.05, 3.63) is 71.4 Å². The van der Waals surface area contributed by atoms with Gasteiger partial charge in [0, 0.05) is 24.6 Å². The Morgan fingerprint density at radius 1 is 1.04 bits per heavy atom. The van der Waals surface area contributed by atoms with Crippen LogP contribution in [0.4, 0.5) is 11.4 Å². The molecule has 2 aromatic carbocycles. The van der Waals surface area contributed by atoms with Crippen molar-refractivity contribution < 1.29 is 9.59 Å². The second kappa shape index (κ2) is 6.45. The van der Waals surface area contributed by atoms with Crippen LogP contribution in [0.25, 0.3) is 0 Å².